The van der Waals surface area contributed by atoms with Gasteiger partial charge < -0.3 is 24.6 Å². The molecule has 0 radical (unpaired) electrons. The molecule has 166 valence electrons. The minimum Gasteiger partial charge on any atom is -0.503 e. The molecule has 0 aliphatic carbocycles. The monoisotopic (exact) mass is 448 g/mol. The van der Waals surface area contributed by atoms with Crippen LogP contribution in [0, 0.1) is 5.92 Å². The standard InChI is InChI=1S/C22H25ClN2O6/c1-13-9-15(10-14-3-5-16(23)6-4-14)11-30-12-17(22(28)31-13)25-21(27)19-20(26)18(29-2)7-8-24-19/h3-8,13,15,17,26H,9-12H2,1-2H3,(H,25,27)/t13?,15?,17-/m0/s1. The Morgan fingerprint density at radius 2 is 2.03 bits per heavy atom. The number of carbonyl (C=O) groups is 2. The summed E-state index contributed by atoms with van der Waals surface area (Å²) >= 11 is 5.95. The van der Waals surface area contributed by atoms with Crippen LogP contribution in [0.4, 0.5) is 0 Å². The quantitative estimate of drug-likeness (QED) is 0.677. The van der Waals surface area contributed by atoms with Crippen LogP contribution in [0.5, 0.6) is 11.5 Å². The summed E-state index contributed by atoms with van der Waals surface area (Å²) < 4.78 is 16.3. The van der Waals surface area contributed by atoms with Gasteiger partial charge in [0.2, 0.25) is 0 Å². The number of ether oxygens (including phenoxy) is 3. The minimum absolute atomic E-state index is 0.0564. The third kappa shape index (κ3) is 6.08. The Bertz CT molecular complexity index is 921. The van der Waals surface area contributed by atoms with Crippen LogP contribution in [0.25, 0.3) is 0 Å². The molecule has 2 aromatic rings. The molecule has 1 aromatic heterocycles. The molecule has 31 heavy (non-hydrogen) atoms. The maximum absolute atomic E-state index is 12.6. The molecule has 1 aliphatic rings. The average molecular weight is 449 g/mol. The summed E-state index contributed by atoms with van der Waals surface area (Å²) in [6, 6.07) is 7.99. The van der Waals surface area contributed by atoms with E-state index in [1.165, 1.54) is 19.4 Å². The van der Waals surface area contributed by atoms with Gasteiger partial charge in [-0.25, -0.2) is 9.78 Å². The van der Waals surface area contributed by atoms with Crippen LogP contribution in [0.15, 0.2) is 36.5 Å². The van der Waals surface area contributed by atoms with Crippen LogP contribution in [0.1, 0.15) is 29.4 Å². The number of cyclic esters (lactones) is 1. The second-order valence-corrected chi connectivity index (χ2v) is 7.89. The van der Waals surface area contributed by atoms with Crippen molar-refractivity contribution in [3.05, 3.63) is 52.8 Å². The average Bonchev–Trinajstić information content (AvgIpc) is 2.79. The predicted octanol–water partition coefficient (Wildman–Crippen LogP) is 2.76. The fraction of sp³-hybridized carbons (Fsp3) is 0.409. The van der Waals surface area contributed by atoms with Gasteiger partial charge in [-0.2, -0.15) is 0 Å². The number of nitrogens with zero attached hydrogens (tertiary/aromatic N) is 1. The van der Waals surface area contributed by atoms with Crippen molar-refractivity contribution in [2.24, 2.45) is 5.92 Å². The fourth-order valence-corrected chi connectivity index (χ4v) is 3.60. The van der Waals surface area contributed by atoms with Crippen LogP contribution in [0.2, 0.25) is 5.02 Å². The Morgan fingerprint density at radius 3 is 2.74 bits per heavy atom. The van der Waals surface area contributed by atoms with E-state index >= 15 is 0 Å². The van der Waals surface area contributed by atoms with E-state index in [-0.39, 0.29) is 30.1 Å². The molecular weight excluding hydrogens is 424 g/mol. The fourth-order valence-electron chi connectivity index (χ4n) is 3.48. The molecule has 0 spiro atoms. The zero-order chi connectivity index (χ0) is 22.4. The van der Waals surface area contributed by atoms with Crippen LogP contribution >= 0.6 is 11.6 Å². The van der Waals surface area contributed by atoms with Gasteiger partial charge in [-0.3, -0.25) is 4.79 Å². The number of methoxy groups -OCH3 is 1. The smallest absolute Gasteiger partial charge is 0.331 e. The number of halogens is 1. The zero-order valence-electron chi connectivity index (χ0n) is 17.3. The molecule has 2 unspecified atom stereocenters. The molecule has 3 rings (SSSR count). The lowest BCUT2D eigenvalue weighted by Gasteiger charge is -2.20. The molecule has 1 fully saturated rings. The minimum atomic E-state index is -1.03. The van der Waals surface area contributed by atoms with Crippen molar-refractivity contribution in [2.45, 2.75) is 31.9 Å². The van der Waals surface area contributed by atoms with Gasteiger partial charge >= 0.3 is 5.97 Å². The van der Waals surface area contributed by atoms with E-state index in [0.717, 1.165) is 12.0 Å². The molecule has 1 saturated heterocycles. The van der Waals surface area contributed by atoms with Crippen molar-refractivity contribution in [3.8, 4) is 11.5 Å². The first-order valence-electron chi connectivity index (χ1n) is 9.93. The normalized spacial score (nSPS) is 21.9. The van der Waals surface area contributed by atoms with E-state index in [1.54, 1.807) is 0 Å². The number of hydrogen-bond donors (Lipinski definition) is 2. The molecule has 0 saturated carbocycles. The van der Waals surface area contributed by atoms with Gasteiger partial charge in [0.25, 0.3) is 5.91 Å². The zero-order valence-corrected chi connectivity index (χ0v) is 18.1. The summed E-state index contributed by atoms with van der Waals surface area (Å²) in [4.78, 5) is 29.0. The highest BCUT2D eigenvalue weighted by atomic mass is 35.5. The van der Waals surface area contributed by atoms with Gasteiger partial charge in [-0.05, 0) is 43.4 Å². The second kappa shape index (κ2) is 10.5. The van der Waals surface area contributed by atoms with Gasteiger partial charge in [0.05, 0.1) is 19.8 Å². The molecule has 1 amide bonds. The van der Waals surface area contributed by atoms with Crippen molar-refractivity contribution < 1.29 is 28.9 Å². The SMILES string of the molecule is COc1ccnc(C(=O)N[C@H]2COCC(Cc3ccc(Cl)cc3)CC(C)OC2=O)c1O. The molecule has 2 heterocycles. The lowest BCUT2D eigenvalue weighted by Crippen LogP contribution is -2.45. The molecule has 2 N–H and O–H groups in total. The van der Waals surface area contributed by atoms with Crippen LogP contribution in [-0.2, 0) is 20.7 Å². The van der Waals surface area contributed by atoms with Crippen LogP contribution in [-0.4, -0.2) is 54.4 Å². The van der Waals surface area contributed by atoms with E-state index in [0.29, 0.717) is 18.1 Å². The van der Waals surface area contributed by atoms with Crippen LogP contribution in [0.3, 0.4) is 0 Å². The van der Waals surface area contributed by atoms with Gasteiger partial charge in [0, 0.05) is 23.9 Å². The second-order valence-electron chi connectivity index (χ2n) is 7.45. The molecule has 0 bridgehead atoms. The Labute approximate surface area is 185 Å². The molecular formula is C22H25ClN2O6. The first-order valence-corrected chi connectivity index (χ1v) is 10.3. The lowest BCUT2D eigenvalue weighted by molar-refractivity contribution is -0.151. The summed E-state index contributed by atoms with van der Waals surface area (Å²) in [5, 5.41) is 13.3. The van der Waals surface area contributed by atoms with E-state index in [4.69, 9.17) is 25.8 Å². The maximum Gasteiger partial charge on any atom is 0.331 e. The first kappa shape index (κ1) is 22.8. The summed E-state index contributed by atoms with van der Waals surface area (Å²) in [7, 11) is 1.36. The number of aromatic hydroxyl groups is 1. The summed E-state index contributed by atoms with van der Waals surface area (Å²) in [5.41, 5.74) is 0.862. The Kier molecular flexibility index (Phi) is 7.70. The topological polar surface area (TPSA) is 107 Å². The van der Waals surface area contributed by atoms with Gasteiger partial charge in [-0.1, -0.05) is 23.7 Å². The number of benzene rings is 1. The Morgan fingerprint density at radius 1 is 1.29 bits per heavy atom. The van der Waals surface area contributed by atoms with Crippen molar-refractivity contribution in [2.75, 3.05) is 20.3 Å². The Balaban J connectivity index is 1.66. The molecule has 9 heteroatoms. The summed E-state index contributed by atoms with van der Waals surface area (Å²) in [6.07, 6.45) is 2.34. The third-order valence-corrected chi connectivity index (χ3v) is 5.22. The van der Waals surface area contributed by atoms with E-state index in [9.17, 15) is 14.7 Å². The van der Waals surface area contributed by atoms with E-state index in [2.05, 4.69) is 10.3 Å². The predicted molar refractivity (Wildman–Crippen MR) is 113 cm³/mol. The number of amides is 1. The van der Waals surface area contributed by atoms with Gasteiger partial charge in [0.15, 0.2) is 23.2 Å². The van der Waals surface area contributed by atoms with Crippen molar-refractivity contribution in [3.63, 3.8) is 0 Å². The van der Waals surface area contributed by atoms with Gasteiger partial charge in [-0.15, -0.1) is 0 Å². The number of aromatic nitrogens is 1. The maximum atomic E-state index is 12.6. The number of hydrogen-bond acceptors (Lipinski definition) is 7. The van der Waals surface area contributed by atoms with E-state index < -0.39 is 23.7 Å². The van der Waals surface area contributed by atoms with Gasteiger partial charge in [0.1, 0.15) is 0 Å². The van der Waals surface area contributed by atoms with Crippen molar-refractivity contribution in [1.82, 2.24) is 10.3 Å². The number of pyridine rings is 1. The number of esters is 1. The summed E-state index contributed by atoms with van der Waals surface area (Å²) in [6.45, 7) is 2.16. The lowest BCUT2D eigenvalue weighted by atomic mass is 9.95. The Hall–Kier alpha value is -2.84. The summed E-state index contributed by atoms with van der Waals surface area (Å²) in [5.74, 6) is -1.51. The van der Waals surface area contributed by atoms with Crippen molar-refractivity contribution >= 4 is 23.5 Å². The van der Waals surface area contributed by atoms with Crippen LogP contribution < -0.4 is 10.1 Å². The number of nitrogens with one attached hydrogen (secondary N) is 1. The number of carbonyl (C=O) groups excluding carboxylic acids is 2. The first-order chi connectivity index (χ1) is 14.9. The molecule has 8 nitrogen and oxygen atoms in total. The van der Waals surface area contributed by atoms with E-state index in [1.807, 2.05) is 31.2 Å². The molecule has 1 aromatic carbocycles. The highest BCUT2D eigenvalue weighted by molar-refractivity contribution is 6.30. The largest absolute Gasteiger partial charge is 0.503 e. The highest BCUT2D eigenvalue weighted by Gasteiger charge is 2.30. The highest BCUT2D eigenvalue weighted by Crippen LogP contribution is 2.27. The third-order valence-electron chi connectivity index (χ3n) is 4.97. The molecule has 1 aliphatic heterocycles. The number of rotatable bonds is 5. The molecule has 3 atom stereocenters. The van der Waals surface area contributed by atoms with Crippen molar-refractivity contribution in [1.29, 1.82) is 0 Å².